The predicted octanol–water partition coefficient (Wildman–Crippen LogP) is 0.808. The van der Waals surface area contributed by atoms with Crippen molar-refractivity contribution >= 4 is 22.4 Å². The van der Waals surface area contributed by atoms with Crippen LogP contribution in [0, 0.1) is 19.8 Å². The second-order valence-electron chi connectivity index (χ2n) is 4.87. The van der Waals surface area contributed by atoms with Crippen molar-refractivity contribution in [2.75, 3.05) is 19.6 Å². The van der Waals surface area contributed by atoms with Crippen LogP contribution in [0.3, 0.4) is 0 Å². The van der Waals surface area contributed by atoms with Crippen LogP contribution in [0.4, 0.5) is 0 Å². The van der Waals surface area contributed by atoms with Crippen LogP contribution in [-0.2, 0) is 10.0 Å². The lowest BCUT2D eigenvalue weighted by atomic mass is 10.0. The maximum absolute atomic E-state index is 12.6. The number of hydrogen-bond donors (Lipinski definition) is 2. The molecule has 1 unspecified atom stereocenters. The van der Waals surface area contributed by atoms with Crippen molar-refractivity contribution in [3.05, 3.63) is 11.4 Å². The summed E-state index contributed by atoms with van der Waals surface area (Å²) in [4.78, 5) is 0.320. The summed E-state index contributed by atoms with van der Waals surface area (Å²) in [5, 5.41) is 6.69. The van der Waals surface area contributed by atoms with Crippen molar-refractivity contribution in [2.24, 2.45) is 11.7 Å². The van der Waals surface area contributed by atoms with E-state index in [4.69, 9.17) is 5.73 Å². The monoisotopic (exact) mass is 308 g/mol. The highest BCUT2D eigenvalue weighted by molar-refractivity contribution is 7.89. The standard InChI is InChI=1S/C11H20N4O2S.ClH/c1-8-11(9(2)14-13-8)18(16,17)15-5-3-4-10(6-12)7-15;/h10H,3-7,12H2,1-2H3,(H,13,14);1H. The molecule has 1 atom stereocenters. The Bertz CT molecular complexity index is 509. The quantitative estimate of drug-likeness (QED) is 0.864. The molecule has 0 radical (unpaired) electrons. The molecule has 1 aromatic rings. The molecule has 1 aliphatic rings. The van der Waals surface area contributed by atoms with Gasteiger partial charge in [0.1, 0.15) is 4.90 Å². The molecule has 0 aromatic carbocycles. The summed E-state index contributed by atoms with van der Waals surface area (Å²) in [7, 11) is -3.44. The average molecular weight is 309 g/mol. The number of rotatable bonds is 3. The van der Waals surface area contributed by atoms with Crippen LogP contribution in [-0.4, -0.2) is 42.6 Å². The van der Waals surface area contributed by atoms with Gasteiger partial charge in [0, 0.05) is 13.1 Å². The molecular weight excluding hydrogens is 288 g/mol. The van der Waals surface area contributed by atoms with Crippen LogP contribution in [0.5, 0.6) is 0 Å². The third-order valence-corrected chi connectivity index (χ3v) is 5.60. The summed E-state index contributed by atoms with van der Waals surface area (Å²) in [5.41, 5.74) is 6.78. The van der Waals surface area contributed by atoms with Gasteiger partial charge in [0.15, 0.2) is 0 Å². The molecule has 3 N–H and O–H groups in total. The molecule has 19 heavy (non-hydrogen) atoms. The molecule has 0 spiro atoms. The largest absolute Gasteiger partial charge is 0.330 e. The second-order valence-corrected chi connectivity index (χ2v) is 6.74. The van der Waals surface area contributed by atoms with Gasteiger partial charge in [0.25, 0.3) is 0 Å². The Morgan fingerprint density at radius 3 is 2.68 bits per heavy atom. The van der Waals surface area contributed by atoms with Gasteiger partial charge in [-0.1, -0.05) is 0 Å². The fourth-order valence-corrected chi connectivity index (χ4v) is 4.37. The first kappa shape index (κ1) is 16.4. The van der Waals surface area contributed by atoms with Crippen LogP contribution < -0.4 is 5.73 Å². The molecule has 1 aliphatic heterocycles. The Morgan fingerprint density at radius 1 is 1.47 bits per heavy atom. The molecule has 2 heterocycles. The van der Waals surface area contributed by atoms with Crippen LogP contribution in [0.1, 0.15) is 24.2 Å². The maximum atomic E-state index is 12.6. The van der Waals surface area contributed by atoms with Crippen molar-refractivity contribution in [3.8, 4) is 0 Å². The normalized spacial score (nSPS) is 21.1. The number of aromatic amines is 1. The number of nitrogens with one attached hydrogen (secondary N) is 1. The van der Waals surface area contributed by atoms with Crippen molar-refractivity contribution in [1.29, 1.82) is 0 Å². The molecule has 1 fully saturated rings. The summed E-state index contributed by atoms with van der Waals surface area (Å²) < 4.78 is 26.7. The maximum Gasteiger partial charge on any atom is 0.246 e. The minimum absolute atomic E-state index is 0. The first-order chi connectivity index (χ1) is 8.46. The average Bonchev–Trinajstić information content (AvgIpc) is 2.69. The van der Waals surface area contributed by atoms with Crippen LogP contribution in [0.15, 0.2) is 4.90 Å². The van der Waals surface area contributed by atoms with Crippen molar-refractivity contribution in [1.82, 2.24) is 14.5 Å². The summed E-state index contributed by atoms with van der Waals surface area (Å²) >= 11 is 0. The zero-order valence-electron chi connectivity index (χ0n) is 11.2. The van der Waals surface area contributed by atoms with Crippen LogP contribution in [0.25, 0.3) is 0 Å². The summed E-state index contributed by atoms with van der Waals surface area (Å²) in [5.74, 6) is 0.265. The lowest BCUT2D eigenvalue weighted by molar-refractivity contribution is 0.271. The molecular formula is C11H21ClN4O2S. The Kier molecular flexibility index (Phi) is 5.37. The molecule has 0 bridgehead atoms. The Labute approximate surface area is 120 Å². The first-order valence-electron chi connectivity index (χ1n) is 6.18. The van der Waals surface area contributed by atoms with Gasteiger partial charge in [-0.25, -0.2) is 8.42 Å². The second kappa shape index (κ2) is 6.21. The molecule has 0 amide bonds. The highest BCUT2D eigenvalue weighted by atomic mass is 35.5. The molecule has 1 aromatic heterocycles. The van der Waals surface area contributed by atoms with Gasteiger partial charge in [0.2, 0.25) is 10.0 Å². The smallest absolute Gasteiger partial charge is 0.246 e. The first-order valence-corrected chi connectivity index (χ1v) is 7.62. The topological polar surface area (TPSA) is 92.1 Å². The fourth-order valence-electron chi connectivity index (χ4n) is 2.49. The highest BCUT2D eigenvalue weighted by Gasteiger charge is 2.32. The number of nitrogens with zero attached hydrogens (tertiary/aromatic N) is 2. The number of H-pyrrole nitrogens is 1. The SMILES string of the molecule is Cc1n[nH]c(C)c1S(=O)(=O)N1CCCC(CN)C1.Cl. The molecule has 1 saturated heterocycles. The van der Waals surface area contributed by atoms with Crippen LogP contribution in [0.2, 0.25) is 0 Å². The molecule has 0 saturated carbocycles. The number of nitrogens with two attached hydrogens (primary N) is 1. The summed E-state index contributed by atoms with van der Waals surface area (Å²) in [6.45, 7) is 5.07. The van der Waals surface area contributed by atoms with E-state index in [0.29, 0.717) is 35.9 Å². The van der Waals surface area contributed by atoms with E-state index in [1.807, 2.05) is 0 Å². The predicted molar refractivity (Wildman–Crippen MR) is 75.8 cm³/mol. The Hall–Kier alpha value is -0.630. The van der Waals surface area contributed by atoms with Gasteiger partial charge in [-0.15, -0.1) is 12.4 Å². The fraction of sp³-hybridized carbons (Fsp3) is 0.727. The lowest BCUT2D eigenvalue weighted by Crippen LogP contribution is -2.42. The van der Waals surface area contributed by atoms with Gasteiger partial charge in [-0.2, -0.15) is 9.40 Å². The van der Waals surface area contributed by atoms with E-state index in [1.54, 1.807) is 18.2 Å². The van der Waals surface area contributed by atoms with Crippen molar-refractivity contribution in [2.45, 2.75) is 31.6 Å². The number of piperidine rings is 1. The van der Waals surface area contributed by atoms with E-state index in [9.17, 15) is 8.42 Å². The number of aryl methyl sites for hydroxylation is 2. The third-order valence-electron chi connectivity index (χ3n) is 3.47. The molecule has 2 rings (SSSR count). The minimum Gasteiger partial charge on any atom is -0.330 e. The molecule has 110 valence electrons. The Morgan fingerprint density at radius 2 is 2.16 bits per heavy atom. The lowest BCUT2D eigenvalue weighted by Gasteiger charge is -2.31. The number of sulfonamides is 1. The number of aromatic nitrogens is 2. The van der Waals surface area contributed by atoms with Gasteiger partial charge in [-0.3, -0.25) is 5.10 Å². The van der Waals surface area contributed by atoms with Crippen molar-refractivity contribution in [3.63, 3.8) is 0 Å². The zero-order chi connectivity index (χ0) is 13.3. The van der Waals surface area contributed by atoms with Crippen molar-refractivity contribution < 1.29 is 8.42 Å². The van der Waals surface area contributed by atoms with E-state index in [-0.39, 0.29) is 18.3 Å². The number of halogens is 1. The summed E-state index contributed by atoms with van der Waals surface area (Å²) in [6, 6.07) is 0. The molecule has 6 nitrogen and oxygen atoms in total. The van der Waals surface area contributed by atoms with E-state index in [0.717, 1.165) is 12.8 Å². The summed E-state index contributed by atoms with van der Waals surface area (Å²) in [6.07, 6.45) is 1.88. The Balaban J connectivity index is 0.00000180. The van der Waals surface area contributed by atoms with Crippen LogP contribution >= 0.6 is 12.4 Å². The van der Waals surface area contributed by atoms with E-state index >= 15 is 0 Å². The van der Waals surface area contributed by atoms with Gasteiger partial charge >= 0.3 is 0 Å². The van der Waals surface area contributed by atoms with Gasteiger partial charge < -0.3 is 5.73 Å². The van der Waals surface area contributed by atoms with E-state index in [1.165, 1.54) is 0 Å². The van der Waals surface area contributed by atoms with Gasteiger partial charge in [0.05, 0.1) is 11.4 Å². The minimum atomic E-state index is -3.44. The van der Waals surface area contributed by atoms with E-state index < -0.39 is 10.0 Å². The number of hydrogen-bond acceptors (Lipinski definition) is 4. The highest BCUT2D eigenvalue weighted by Crippen LogP contribution is 2.26. The third kappa shape index (κ3) is 3.10. The molecule has 0 aliphatic carbocycles. The van der Waals surface area contributed by atoms with Gasteiger partial charge in [-0.05, 0) is 39.2 Å². The van der Waals surface area contributed by atoms with E-state index in [2.05, 4.69) is 10.2 Å². The molecule has 8 heteroatoms. The zero-order valence-corrected chi connectivity index (χ0v) is 12.9.